The van der Waals surface area contributed by atoms with Gasteiger partial charge in [-0.05, 0) is 60.2 Å². The zero-order valence-electron chi connectivity index (χ0n) is 22.9. The Hall–Kier alpha value is -3.60. The number of aliphatic imine (C=N–C) groups is 1. The summed E-state index contributed by atoms with van der Waals surface area (Å²) in [7, 11) is 0. The Morgan fingerprint density at radius 2 is 1.67 bits per heavy atom. The van der Waals surface area contributed by atoms with Gasteiger partial charge in [-0.1, -0.05) is 68.3 Å². The van der Waals surface area contributed by atoms with Crippen LogP contribution in [0.5, 0.6) is 5.75 Å². The fourth-order valence-corrected chi connectivity index (χ4v) is 5.80. The number of carbonyl (C=O) groups is 1. The fourth-order valence-electron chi connectivity index (χ4n) is 4.89. The molecular weight excluding hydrogens is 686 g/mol. The maximum Gasteiger partial charge on any atom is 0.252 e. The summed E-state index contributed by atoms with van der Waals surface area (Å²) >= 11 is 7.22. The number of hydrogen-bond acceptors (Lipinski definition) is 5. The van der Waals surface area contributed by atoms with E-state index in [-0.39, 0.29) is 31.0 Å². The normalized spacial score (nSPS) is 17.7. The van der Waals surface area contributed by atoms with E-state index in [0.29, 0.717) is 29.9 Å². The first-order valence-electron chi connectivity index (χ1n) is 13.6. The Morgan fingerprint density at radius 3 is 2.40 bits per heavy atom. The van der Waals surface area contributed by atoms with Crippen molar-refractivity contribution in [2.75, 3.05) is 13.2 Å². The average molecular weight is 714 g/mol. The third-order valence-electron chi connectivity index (χ3n) is 7.08. The molecule has 1 heterocycles. The van der Waals surface area contributed by atoms with Crippen LogP contribution in [-0.4, -0.2) is 35.7 Å². The predicted molar refractivity (Wildman–Crippen MR) is 167 cm³/mol. The first kappa shape index (κ1) is 30.8. The molecule has 5 rings (SSSR count). The molecule has 1 aliphatic rings. The quantitative estimate of drug-likeness (QED) is 0.163. The summed E-state index contributed by atoms with van der Waals surface area (Å²) in [4.78, 5) is 19.3. The molecule has 2 N–H and O–H groups in total. The Bertz CT molecular complexity index is 1630. The van der Waals surface area contributed by atoms with Crippen molar-refractivity contribution in [1.29, 1.82) is 0 Å². The molecule has 4 aromatic carbocycles. The topological polar surface area (TPSA) is 80.2 Å². The van der Waals surface area contributed by atoms with Gasteiger partial charge in [-0.2, -0.15) is 0 Å². The highest BCUT2D eigenvalue weighted by atomic mass is 79.9. The smallest absolute Gasteiger partial charge is 0.252 e. The number of benzene rings is 4. The molecule has 0 spiro atoms. The highest BCUT2D eigenvalue weighted by Gasteiger charge is 2.54. The molecule has 0 fully saturated rings. The van der Waals surface area contributed by atoms with Gasteiger partial charge in [0.15, 0.2) is 11.6 Å². The van der Waals surface area contributed by atoms with E-state index in [1.807, 2.05) is 48.5 Å². The number of amides is 1. The first-order valence-corrected chi connectivity index (χ1v) is 15.2. The number of halogens is 4. The van der Waals surface area contributed by atoms with E-state index in [9.17, 15) is 13.6 Å². The van der Waals surface area contributed by atoms with Gasteiger partial charge < -0.3 is 19.9 Å². The van der Waals surface area contributed by atoms with Gasteiger partial charge in [0.2, 0.25) is 5.90 Å². The van der Waals surface area contributed by atoms with Crippen molar-refractivity contribution in [3.63, 3.8) is 0 Å². The molecule has 10 heteroatoms. The molecule has 0 saturated heterocycles. The summed E-state index contributed by atoms with van der Waals surface area (Å²) in [6.45, 7) is 0.165. The molecule has 4 aromatic rings. The third kappa shape index (κ3) is 6.98. The van der Waals surface area contributed by atoms with E-state index in [2.05, 4.69) is 37.2 Å². The van der Waals surface area contributed by atoms with Crippen molar-refractivity contribution in [2.45, 2.75) is 31.0 Å². The number of carbonyl (C=O) groups excluding carboxylic acids is 1. The number of rotatable bonds is 11. The van der Waals surface area contributed by atoms with Crippen LogP contribution in [0.1, 0.15) is 34.8 Å². The minimum atomic E-state index is -1.52. The Kier molecular flexibility index (Phi) is 9.90. The number of aliphatic hydroxyl groups is 1. The second-order valence-electron chi connectivity index (χ2n) is 10.00. The molecule has 6 nitrogen and oxygen atoms in total. The van der Waals surface area contributed by atoms with E-state index in [1.54, 1.807) is 24.3 Å². The van der Waals surface area contributed by atoms with Gasteiger partial charge in [0.1, 0.15) is 17.4 Å². The van der Waals surface area contributed by atoms with Crippen LogP contribution in [0.2, 0.25) is 0 Å². The second-order valence-corrected chi connectivity index (χ2v) is 11.7. The average Bonchev–Trinajstić information content (AvgIpc) is 3.39. The van der Waals surface area contributed by atoms with Crippen molar-refractivity contribution in [1.82, 2.24) is 5.32 Å². The molecule has 0 aliphatic carbocycles. The van der Waals surface area contributed by atoms with Gasteiger partial charge in [-0.3, -0.25) is 4.79 Å². The van der Waals surface area contributed by atoms with Gasteiger partial charge >= 0.3 is 0 Å². The monoisotopic (exact) mass is 712 g/mol. The number of hydrogen-bond donors (Lipinski definition) is 2. The summed E-state index contributed by atoms with van der Waals surface area (Å²) < 4.78 is 42.1. The molecule has 0 unspecified atom stereocenters. The lowest BCUT2D eigenvalue weighted by Crippen LogP contribution is -2.50. The van der Waals surface area contributed by atoms with Gasteiger partial charge in [-0.15, -0.1) is 0 Å². The Labute approximate surface area is 265 Å². The van der Waals surface area contributed by atoms with Crippen molar-refractivity contribution in [3.05, 3.63) is 134 Å². The molecule has 0 radical (unpaired) electrons. The summed E-state index contributed by atoms with van der Waals surface area (Å²) in [6.07, 6.45) is -0.218. The minimum absolute atomic E-state index is 0.0155. The molecule has 0 bridgehead atoms. The van der Waals surface area contributed by atoms with Crippen LogP contribution in [0.25, 0.3) is 0 Å². The van der Waals surface area contributed by atoms with Crippen LogP contribution < -0.4 is 10.1 Å². The van der Waals surface area contributed by atoms with Crippen molar-refractivity contribution >= 4 is 43.7 Å². The number of aliphatic hydroxyl groups excluding tert-OH is 1. The van der Waals surface area contributed by atoms with Gasteiger partial charge in [0, 0.05) is 51.6 Å². The molecule has 0 saturated carbocycles. The van der Waals surface area contributed by atoms with E-state index in [1.165, 1.54) is 0 Å². The Balaban J connectivity index is 1.58. The molecule has 0 aromatic heterocycles. The largest absolute Gasteiger partial charge is 0.494 e. The van der Waals surface area contributed by atoms with Crippen LogP contribution in [0.4, 0.5) is 8.78 Å². The maximum absolute atomic E-state index is 14.5. The van der Waals surface area contributed by atoms with E-state index in [0.717, 1.165) is 32.7 Å². The second kappa shape index (κ2) is 13.8. The minimum Gasteiger partial charge on any atom is -0.494 e. The zero-order valence-corrected chi connectivity index (χ0v) is 26.1. The summed E-state index contributed by atoms with van der Waals surface area (Å²) in [5, 5.41) is 11.8. The molecular formula is C33H28Br2F2N2O4. The zero-order chi connectivity index (χ0) is 30.4. The molecule has 2 atom stereocenters. The van der Waals surface area contributed by atoms with Gasteiger partial charge in [-0.25, -0.2) is 13.8 Å². The summed E-state index contributed by atoms with van der Waals surface area (Å²) in [5.74, 6) is -0.869. The standard InChI is InChI=1S/C33H28Br2F2N2O4/c34-27-8-3-1-6-22(27)19-33(32(41)38-20-23-18-24(36)12-15-29(23)37)30(26-7-2-4-9-28(26)35)43-31(39-33)21-10-13-25(14-11-21)42-17-5-16-40/h1-4,6-15,18,30,40H,5,16-17,19-20H2,(H,38,41)/t30-,33-/m1/s1. The lowest BCUT2D eigenvalue weighted by atomic mass is 9.82. The van der Waals surface area contributed by atoms with E-state index >= 15 is 0 Å². The van der Waals surface area contributed by atoms with Crippen LogP contribution in [0.3, 0.4) is 0 Å². The lowest BCUT2D eigenvalue weighted by molar-refractivity contribution is -0.129. The van der Waals surface area contributed by atoms with Crippen LogP contribution in [0, 0.1) is 11.6 Å². The first-order chi connectivity index (χ1) is 20.8. The SMILES string of the molecule is O=C(NCc1cc(F)ccc1F)[C@]1(Cc2ccccc2Br)N=C(c2ccc(OCCCO)cc2)O[C@@H]1c1ccccc1Br. The van der Waals surface area contributed by atoms with Crippen molar-refractivity contribution < 1.29 is 28.2 Å². The number of nitrogens with one attached hydrogen (secondary N) is 1. The van der Waals surface area contributed by atoms with Crippen LogP contribution in [0.15, 0.2) is 105 Å². The molecule has 222 valence electrons. The lowest BCUT2D eigenvalue weighted by Gasteiger charge is -2.31. The van der Waals surface area contributed by atoms with Crippen molar-refractivity contribution in [3.8, 4) is 5.75 Å². The molecule has 1 aliphatic heterocycles. The Morgan fingerprint density at radius 1 is 0.953 bits per heavy atom. The van der Waals surface area contributed by atoms with Crippen LogP contribution >= 0.6 is 31.9 Å². The molecule has 43 heavy (non-hydrogen) atoms. The summed E-state index contributed by atoms with van der Waals surface area (Å²) in [6, 6.07) is 25.2. The fraction of sp³-hybridized carbons (Fsp3) is 0.212. The predicted octanol–water partition coefficient (Wildman–Crippen LogP) is 7.07. The van der Waals surface area contributed by atoms with E-state index in [4.69, 9.17) is 19.6 Å². The highest BCUT2D eigenvalue weighted by molar-refractivity contribution is 9.10. The maximum atomic E-state index is 14.5. The third-order valence-corrected chi connectivity index (χ3v) is 8.58. The molecule has 1 amide bonds. The van der Waals surface area contributed by atoms with Gasteiger partial charge in [0.25, 0.3) is 5.91 Å². The highest BCUT2D eigenvalue weighted by Crippen LogP contribution is 2.45. The van der Waals surface area contributed by atoms with E-state index < -0.39 is 29.2 Å². The number of nitrogens with zero attached hydrogens (tertiary/aromatic N) is 1. The number of ether oxygens (including phenoxy) is 2. The van der Waals surface area contributed by atoms with Gasteiger partial charge in [0.05, 0.1) is 6.61 Å². The summed E-state index contributed by atoms with van der Waals surface area (Å²) in [5.41, 5.74) is 0.631. The van der Waals surface area contributed by atoms with Crippen LogP contribution in [-0.2, 0) is 22.5 Å². The van der Waals surface area contributed by atoms with Crippen molar-refractivity contribution in [2.24, 2.45) is 4.99 Å².